The fraction of sp³-hybridized carbons (Fsp3) is 0.400. The van der Waals surface area contributed by atoms with Crippen LogP contribution in [0, 0.1) is 0 Å². The Morgan fingerprint density at radius 1 is 1.36 bits per heavy atom. The average Bonchev–Trinajstić information content (AvgIpc) is 2.17. The molecule has 0 aliphatic carbocycles. The zero-order chi connectivity index (χ0) is 10.8. The van der Waals surface area contributed by atoms with Crippen LogP contribution in [0.4, 0.5) is 0 Å². The lowest BCUT2D eigenvalue weighted by Gasteiger charge is -2.24. The molecular weight excluding hydrogens is 208 g/mol. The third-order valence-electron chi connectivity index (χ3n) is 2.86. The van der Waals surface area contributed by atoms with Crippen molar-refractivity contribution in [2.24, 2.45) is 0 Å². The molecule has 4 heteroatoms. The molecule has 0 aliphatic rings. The monoisotopic (exact) mass is 224 g/mol. The van der Waals surface area contributed by atoms with E-state index in [1.807, 2.05) is 37.3 Å². The molecule has 1 rings (SSSR count). The fourth-order valence-corrected chi connectivity index (χ4v) is 5.15. The van der Waals surface area contributed by atoms with Gasteiger partial charge in [-0.1, -0.05) is 37.3 Å². The minimum absolute atomic E-state index is 0.0417. The summed E-state index contributed by atoms with van der Waals surface area (Å²) < 4.78 is 11.5. The smallest absolute Gasteiger partial charge is 0.286 e. The van der Waals surface area contributed by atoms with Crippen molar-refractivity contribution < 1.29 is 9.26 Å². The van der Waals surface area contributed by atoms with Crippen LogP contribution in [-0.2, 0) is 4.46 Å². The Morgan fingerprint density at radius 2 is 1.86 bits per heavy atom. The molecule has 2 atom stereocenters. The quantitative estimate of drug-likeness (QED) is 0.798. The van der Waals surface area contributed by atoms with Crippen molar-refractivity contribution in [2.45, 2.75) is 25.6 Å². The van der Waals surface area contributed by atoms with E-state index in [4.69, 9.17) is 0 Å². The van der Waals surface area contributed by atoms with Crippen LogP contribution in [0.1, 0.15) is 18.0 Å². The Kier molecular flexibility index (Phi) is 3.52. The van der Waals surface area contributed by atoms with Crippen molar-refractivity contribution in [3.63, 3.8) is 0 Å². The maximum atomic E-state index is 11.5. The molecule has 0 heterocycles. The molecule has 14 heavy (non-hydrogen) atoms. The Hall–Kier alpha value is -0.586. The maximum absolute atomic E-state index is 11.5. The van der Waals surface area contributed by atoms with Crippen LogP contribution in [0.2, 0.25) is 13.1 Å². The lowest BCUT2D eigenvalue weighted by Crippen LogP contribution is -2.46. The number of rotatable bonds is 3. The first-order valence-corrected chi connectivity index (χ1v) is 10.2. The van der Waals surface area contributed by atoms with Crippen molar-refractivity contribution in [1.29, 1.82) is 0 Å². The normalized spacial score (nSPS) is 17.1. The Bertz CT molecular complexity index is 322. The van der Waals surface area contributed by atoms with Crippen molar-refractivity contribution >= 4 is 16.0 Å². The molecule has 0 bridgehead atoms. The van der Waals surface area contributed by atoms with Gasteiger partial charge in [0.25, 0.3) is 8.20 Å². The van der Waals surface area contributed by atoms with Gasteiger partial charge in [-0.15, -0.1) is 0 Å². The van der Waals surface area contributed by atoms with Gasteiger partial charge in [0, 0.05) is 5.54 Å². The molecule has 2 nitrogen and oxygen atoms in total. The molecule has 1 N–H and O–H groups in total. The van der Waals surface area contributed by atoms with Gasteiger partial charge >= 0.3 is 0 Å². The zero-order valence-electron chi connectivity index (χ0n) is 8.82. The van der Waals surface area contributed by atoms with Crippen LogP contribution in [-0.4, -0.2) is 20.8 Å². The highest BCUT2D eigenvalue weighted by atomic mass is 29.2. The molecule has 0 saturated carbocycles. The van der Waals surface area contributed by atoms with E-state index in [0.717, 1.165) is 5.56 Å². The van der Waals surface area contributed by atoms with Crippen LogP contribution in [0.5, 0.6) is 0 Å². The second kappa shape index (κ2) is 4.29. The summed E-state index contributed by atoms with van der Waals surface area (Å²) in [7, 11) is -4.39. The highest BCUT2D eigenvalue weighted by molar-refractivity contribution is 7.23. The molecule has 0 saturated heterocycles. The Labute approximate surface area is 87.2 Å². The van der Waals surface area contributed by atoms with Gasteiger partial charge in [-0.3, -0.25) is 0 Å². The summed E-state index contributed by atoms with van der Waals surface area (Å²) in [5.41, 5.74) is 1.13. The first-order chi connectivity index (χ1) is 6.46. The van der Waals surface area contributed by atoms with Crippen molar-refractivity contribution in [3.8, 4) is 0 Å². The lowest BCUT2D eigenvalue weighted by molar-refractivity contribution is 0.522. The highest BCUT2D eigenvalue weighted by Crippen LogP contribution is 2.24. The van der Waals surface area contributed by atoms with E-state index < -0.39 is 16.0 Å². The molecular formula is C10H16O2Si2. The standard InChI is InChI=1S/C10H16O2Si2/c1-9(14(3,12)13(2)11)10-7-5-4-6-8-10/h4-9,12H,1-3H3. The van der Waals surface area contributed by atoms with E-state index in [1.165, 1.54) is 0 Å². The maximum Gasteiger partial charge on any atom is 0.286 e. The minimum atomic E-state index is -2.58. The van der Waals surface area contributed by atoms with Gasteiger partial charge < -0.3 is 9.26 Å². The van der Waals surface area contributed by atoms with E-state index in [9.17, 15) is 9.26 Å². The van der Waals surface area contributed by atoms with Crippen LogP contribution >= 0.6 is 0 Å². The van der Waals surface area contributed by atoms with Crippen molar-refractivity contribution in [2.75, 3.05) is 0 Å². The first-order valence-electron chi connectivity index (χ1n) is 4.74. The molecule has 2 unspecified atom stereocenters. The first kappa shape index (κ1) is 11.5. The summed E-state index contributed by atoms with van der Waals surface area (Å²) in [4.78, 5) is 10.2. The van der Waals surface area contributed by atoms with Gasteiger partial charge in [0.1, 0.15) is 0 Å². The van der Waals surface area contributed by atoms with E-state index in [1.54, 1.807) is 13.1 Å². The summed E-state index contributed by atoms with van der Waals surface area (Å²) >= 11 is 0. The van der Waals surface area contributed by atoms with Gasteiger partial charge in [-0.05, 0) is 18.7 Å². The lowest BCUT2D eigenvalue weighted by atomic mass is 10.2. The third kappa shape index (κ3) is 2.26. The predicted molar refractivity (Wildman–Crippen MR) is 61.0 cm³/mol. The third-order valence-corrected chi connectivity index (χ3v) is 11.9. The Balaban J connectivity index is 2.96. The van der Waals surface area contributed by atoms with E-state index in [0.29, 0.717) is 0 Å². The summed E-state index contributed by atoms with van der Waals surface area (Å²) in [5, 5.41) is 0. The number of hydrogen-bond acceptors (Lipinski definition) is 2. The topological polar surface area (TPSA) is 37.3 Å². The number of hydrogen-bond donors (Lipinski definition) is 1. The molecule has 76 valence electrons. The van der Waals surface area contributed by atoms with Gasteiger partial charge in [-0.25, -0.2) is 0 Å². The van der Waals surface area contributed by atoms with E-state index in [-0.39, 0.29) is 5.54 Å². The van der Waals surface area contributed by atoms with Gasteiger partial charge in [0.15, 0.2) is 0 Å². The molecule has 0 spiro atoms. The fourth-order valence-electron chi connectivity index (χ4n) is 1.37. The SMILES string of the molecule is CC(c1ccccc1)[Si](C)(O)[Si](C)=O. The zero-order valence-corrected chi connectivity index (χ0v) is 10.8. The second-order valence-corrected chi connectivity index (χ2v) is 13.3. The van der Waals surface area contributed by atoms with E-state index in [2.05, 4.69) is 0 Å². The Morgan fingerprint density at radius 3 is 2.29 bits per heavy atom. The van der Waals surface area contributed by atoms with Gasteiger partial charge in [-0.2, -0.15) is 0 Å². The summed E-state index contributed by atoms with van der Waals surface area (Å²) in [6.45, 7) is 5.41. The highest BCUT2D eigenvalue weighted by Gasteiger charge is 2.39. The molecule has 0 aliphatic heterocycles. The van der Waals surface area contributed by atoms with Crippen LogP contribution in [0.3, 0.4) is 0 Å². The van der Waals surface area contributed by atoms with Gasteiger partial charge in [0.2, 0.25) is 7.83 Å². The van der Waals surface area contributed by atoms with Crippen molar-refractivity contribution in [3.05, 3.63) is 35.9 Å². The van der Waals surface area contributed by atoms with Crippen LogP contribution in [0.15, 0.2) is 30.3 Å². The van der Waals surface area contributed by atoms with Crippen LogP contribution < -0.4 is 0 Å². The summed E-state index contributed by atoms with van der Waals surface area (Å²) in [5.74, 6) is 0. The second-order valence-electron chi connectivity index (χ2n) is 3.84. The molecule has 0 fully saturated rings. The average molecular weight is 224 g/mol. The van der Waals surface area contributed by atoms with Crippen molar-refractivity contribution in [1.82, 2.24) is 0 Å². The van der Waals surface area contributed by atoms with Gasteiger partial charge in [0.05, 0.1) is 0 Å². The molecule has 1 aromatic carbocycles. The number of benzene rings is 1. The van der Waals surface area contributed by atoms with E-state index >= 15 is 0 Å². The summed E-state index contributed by atoms with van der Waals surface area (Å²) in [6.07, 6.45) is 0. The molecule has 0 radical (unpaired) electrons. The minimum Gasteiger partial charge on any atom is -0.428 e. The molecule has 0 amide bonds. The largest absolute Gasteiger partial charge is 0.428 e. The molecule has 1 aromatic rings. The molecule has 0 aromatic heterocycles. The predicted octanol–water partition coefficient (Wildman–Crippen LogP) is 2.03. The summed E-state index contributed by atoms with van der Waals surface area (Å²) in [6, 6.07) is 9.81. The van der Waals surface area contributed by atoms with Crippen LogP contribution in [0.25, 0.3) is 0 Å².